The van der Waals surface area contributed by atoms with Crippen LogP contribution in [0.2, 0.25) is 0 Å². The number of carbonyl (C=O) groups is 1. The van der Waals surface area contributed by atoms with Gasteiger partial charge in [-0.15, -0.1) is 11.3 Å². The average molecular weight is 474 g/mol. The Morgan fingerprint density at radius 1 is 1.06 bits per heavy atom. The molecule has 0 aliphatic heterocycles. The van der Waals surface area contributed by atoms with Gasteiger partial charge in [0.05, 0.1) is 41.6 Å². The fourth-order valence-electron chi connectivity index (χ4n) is 3.75. The van der Waals surface area contributed by atoms with Gasteiger partial charge in [0, 0.05) is 21.9 Å². The molecule has 0 bridgehead atoms. The highest BCUT2D eigenvalue weighted by atomic mass is 32.1. The molecule has 2 heterocycles. The van der Waals surface area contributed by atoms with E-state index in [2.05, 4.69) is 36.5 Å². The van der Waals surface area contributed by atoms with Crippen molar-refractivity contribution in [3.63, 3.8) is 0 Å². The first-order valence-corrected chi connectivity index (χ1v) is 11.9. The number of para-hydroxylation sites is 1. The maximum Gasteiger partial charge on any atom is 0.272 e. The lowest BCUT2D eigenvalue weighted by Gasteiger charge is -2.13. The van der Waals surface area contributed by atoms with Gasteiger partial charge in [-0.25, -0.2) is 10.4 Å². The molecule has 0 atom stereocenters. The molecule has 1 amide bonds. The number of carbonyl (C=O) groups excluding carboxylic acids is 1. The van der Waals surface area contributed by atoms with Gasteiger partial charge in [-0.3, -0.25) is 4.79 Å². The van der Waals surface area contributed by atoms with Crippen LogP contribution < -0.4 is 14.9 Å². The van der Waals surface area contributed by atoms with Crippen LogP contribution in [0.4, 0.5) is 0 Å². The van der Waals surface area contributed by atoms with Crippen LogP contribution in [0.3, 0.4) is 0 Å². The number of methoxy groups -OCH3 is 2. The Kier molecular flexibility index (Phi) is 7.23. The first kappa shape index (κ1) is 23.4. The van der Waals surface area contributed by atoms with E-state index in [0.717, 1.165) is 39.9 Å². The van der Waals surface area contributed by atoms with E-state index in [1.807, 2.05) is 36.4 Å². The standard InChI is InChI=1S/C27H27N3O3S/c1-5-8-23(26-14-11-17(2)34-26)29-30-27(31)21-16-24(28-22-10-7-6-9-19(21)22)20-13-12-18(32-3)15-25(20)33-4/h6-7,9-16H,5,8H2,1-4H3,(H,30,31)/b29-23+. The zero-order chi connectivity index (χ0) is 24.1. The van der Waals surface area contributed by atoms with E-state index < -0.39 is 0 Å². The molecule has 2 aromatic carbocycles. The molecule has 0 aliphatic carbocycles. The number of nitrogens with one attached hydrogen (secondary N) is 1. The van der Waals surface area contributed by atoms with E-state index in [1.54, 1.807) is 37.7 Å². The minimum atomic E-state index is -0.283. The lowest BCUT2D eigenvalue weighted by molar-refractivity contribution is 0.0956. The number of thiophene rings is 1. The Balaban J connectivity index is 1.75. The number of hydrazone groups is 1. The van der Waals surface area contributed by atoms with Crippen molar-refractivity contribution in [1.82, 2.24) is 10.4 Å². The van der Waals surface area contributed by atoms with Gasteiger partial charge in [0.15, 0.2) is 0 Å². The number of hydrogen-bond donors (Lipinski definition) is 1. The third kappa shape index (κ3) is 4.94. The molecule has 0 spiro atoms. The van der Waals surface area contributed by atoms with Gasteiger partial charge in [0.1, 0.15) is 11.5 Å². The van der Waals surface area contributed by atoms with Crippen LogP contribution >= 0.6 is 11.3 Å². The van der Waals surface area contributed by atoms with Crippen molar-refractivity contribution in [3.05, 3.63) is 76.0 Å². The Hall–Kier alpha value is -3.71. The number of fused-ring (bicyclic) bond motifs is 1. The zero-order valence-corrected chi connectivity index (χ0v) is 20.5. The SMILES string of the molecule is CCC/C(=N\NC(=O)c1cc(-c2ccc(OC)cc2OC)nc2ccccc12)c1ccc(C)s1. The number of ether oxygens (including phenoxy) is 2. The van der Waals surface area contributed by atoms with Gasteiger partial charge in [-0.05, 0) is 49.7 Å². The van der Waals surface area contributed by atoms with Crippen molar-refractivity contribution >= 4 is 33.9 Å². The Morgan fingerprint density at radius 3 is 2.59 bits per heavy atom. The fraction of sp³-hybridized carbons (Fsp3) is 0.222. The molecule has 0 unspecified atom stereocenters. The summed E-state index contributed by atoms with van der Waals surface area (Å²) in [5.41, 5.74) is 6.29. The third-order valence-electron chi connectivity index (χ3n) is 5.45. The van der Waals surface area contributed by atoms with E-state index in [4.69, 9.17) is 14.5 Å². The molecule has 0 saturated carbocycles. The quantitative estimate of drug-likeness (QED) is 0.243. The topological polar surface area (TPSA) is 72.8 Å². The molecular formula is C27H27N3O3S. The maximum atomic E-state index is 13.3. The number of hydrogen-bond acceptors (Lipinski definition) is 6. The summed E-state index contributed by atoms with van der Waals surface area (Å²) in [4.78, 5) is 20.4. The van der Waals surface area contributed by atoms with Gasteiger partial charge in [-0.1, -0.05) is 31.5 Å². The molecule has 4 rings (SSSR count). The van der Waals surface area contributed by atoms with Crippen molar-refractivity contribution in [2.45, 2.75) is 26.7 Å². The largest absolute Gasteiger partial charge is 0.497 e. The highest BCUT2D eigenvalue weighted by Crippen LogP contribution is 2.34. The van der Waals surface area contributed by atoms with Crippen molar-refractivity contribution in [2.24, 2.45) is 5.10 Å². The molecule has 0 fully saturated rings. The predicted molar refractivity (Wildman–Crippen MR) is 138 cm³/mol. The molecule has 0 radical (unpaired) electrons. The molecule has 0 aliphatic rings. The molecule has 1 N–H and O–H groups in total. The second kappa shape index (κ2) is 10.5. The lowest BCUT2D eigenvalue weighted by Crippen LogP contribution is -2.20. The zero-order valence-electron chi connectivity index (χ0n) is 19.7. The smallest absolute Gasteiger partial charge is 0.272 e. The number of pyridine rings is 1. The molecule has 2 aromatic heterocycles. The first-order valence-electron chi connectivity index (χ1n) is 11.1. The molecule has 174 valence electrons. The number of aromatic nitrogens is 1. The summed E-state index contributed by atoms with van der Waals surface area (Å²) in [5, 5.41) is 5.26. The van der Waals surface area contributed by atoms with Crippen LogP contribution in [-0.2, 0) is 0 Å². The predicted octanol–water partition coefficient (Wildman–Crippen LogP) is 6.22. The summed E-state index contributed by atoms with van der Waals surface area (Å²) in [5.74, 6) is 1.01. The van der Waals surface area contributed by atoms with Crippen molar-refractivity contribution < 1.29 is 14.3 Å². The van der Waals surface area contributed by atoms with E-state index in [-0.39, 0.29) is 5.91 Å². The Morgan fingerprint density at radius 2 is 1.88 bits per heavy atom. The van der Waals surface area contributed by atoms with Crippen molar-refractivity contribution in [3.8, 4) is 22.8 Å². The molecule has 0 saturated heterocycles. The number of nitrogens with zero attached hydrogens (tertiary/aromatic N) is 2. The average Bonchev–Trinajstić information content (AvgIpc) is 3.31. The monoisotopic (exact) mass is 473 g/mol. The summed E-state index contributed by atoms with van der Waals surface area (Å²) in [6.07, 6.45) is 1.72. The number of benzene rings is 2. The lowest BCUT2D eigenvalue weighted by atomic mass is 10.0. The first-order chi connectivity index (χ1) is 16.5. The summed E-state index contributed by atoms with van der Waals surface area (Å²) in [6.45, 7) is 4.16. The molecule has 4 aromatic rings. The second-order valence-electron chi connectivity index (χ2n) is 7.80. The van der Waals surface area contributed by atoms with E-state index in [0.29, 0.717) is 22.8 Å². The minimum Gasteiger partial charge on any atom is -0.497 e. The maximum absolute atomic E-state index is 13.3. The summed E-state index contributed by atoms with van der Waals surface area (Å²) in [6, 6.07) is 19.0. The summed E-state index contributed by atoms with van der Waals surface area (Å²) >= 11 is 1.68. The fourth-order valence-corrected chi connectivity index (χ4v) is 4.64. The van der Waals surface area contributed by atoms with Gasteiger partial charge in [0.2, 0.25) is 0 Å². The van der Waals surface area contributed by atoms with E-state index in [9.17, 15) is 4.79 Å². The van der Waals surface area contributed by atoms with E-state index >= 15 is 0 Å². The molecule has 7 heteroatoms. The van der Waals surface area contributed by atoms with Gasteiger partial charge >= 0.3 is 0 Å². The summed E-state index contributed by atoms with van der Waals surface area (Å²) in [7, 11) is 3.21. The Bertz CT molecular complexity index is 1360. The van der Waals surface area contributed by atoms with Crippen LogP contribution in [0, 0.1) is 6.92 Å². The van der Waals surface area contributed by atoms with Crippen LogP contribution in [0.1, 0.15) is 39.9 Å². The van der Waals surface area contributed by atoms with E-state index in [1.165, 1.54) is 4.88 Å². The van der Waals surface area contributed by atoms with Gasteiger partial charge in [0.25, 0.3) is 5.91 Å². The van der Waals surface area contributed by atoms with Gasteiger partial charge in [-0.2, -0.15) is 5.10 Å². The normalized spacial score (nSPS) is 11.5. The number of aryl methyl sites for hydroxylation is 1. The molecule has 34 heavy (non-hydrogen) atoms. The van der Waals surface area contributed by atoms with Crippen LogP contribution in [0.5, 0.6) is 11.5 Å². The highest BCUT2D eigenvalue weighted by Gasteiger charge is 2.17. The van der Waals surface area contributed by atoms with Crippen LogP contribution in [-0.4, -0.2) is 30.8 Å². The number of amides is 1. The highest BCUT2D eigenvalue weighted by molar-refractivity contribution is 7.14. The third-order valence-corrected chi connectivity index (χ3v) is 6.50. The minimum absolute atomic E-state index is 0.283. The number of rotatable bonds is 8. The molecule has 6 nitrogen and oxygen atoms in total. The summed E-state index contributed by atoms with van der Waals surface area (Å²) < 4.78 is 10.9. The van der Waals surface area contributed by atoms with Gasteiger partial charge < -0.3 is 9.47 Å². The Labute approximate surface area is 203 Å². The van der Waals surface area contributed by atoms with Crippen molar-refractivity contribution in [2.75, 3.05) is 14.2 Å². The second-order valence-corrected chi connectivity index (χ2v) is 9.09. The van der Waals surface area contributed by atoms with Crippen LogP contribution in [0.25, 0.3) is 22.2 Å². The molecular weight excluding hydrogens is 446 g/mol. The van der Waals surface area contributed by atoms with Crippen molar-refractivity contribution in [1.29, 1.82) is 0 Å². The van der Waals surface area contributed by atoms with Crippen LogP contribution in [0.15, 0.2) is 65.8 Å².